The van der Waals surface area contributed by atoms with Crippen molar-refractivity contribution < 1.29 is 9.53 Å². The van der Waals surface area contributed by atoms with Crippen LogP contribution in [0.4, 0.5) is 4.79 Å². The van der Waals surface area contributed by atoms with Crippen molar-refractivity contribution in [1.29, 1.82) is 0 Å². The predicted molar refractivity (Wildman–Crippen MR) is 68.8 cm³/mol. The van der Waals surface area contributed by atoms with Crippen LogP contribution >= 0.6 is 0 Å². The Hall–Kier alpha value is -0.770. The van der Waals surface area contributed by atoms with Crippen LogP contribution in [-0.4, -0.2) is 36.2 Å². The molecule has 100 valence electrons. The zero-order valence-electron chi connectivity index (χ0n) is 11.4. The summed E-state index contributed by atoms with van der Waals surface area (Å²) in [4.78, 5) is 13.7. The average molecular weight is 242 g/mol. The minimum Gasteiger partial charge on any atom is -0.444 e. The summed E-state index contributed by atoms with van der Waals surface area (Å²) in [6.45, 7) is 8.07. The molecule has 0 aliphatic carbocycles. The molecule has 17 heavy (non-hydrogen) atoms. The summed E-state index contributed by atoms with van der Waals surface area (Å²) in [5.41, 5.74) is 5.29. The van der Waals surface area contributed by atoms with Crippen LogP contribution in [0.15, 0.2) is 0 Å². The fourth-order valence-electron chi connectivity index (χ4n) is 2.14. The zero-order valence-corrected chi connectivity index (χ0v) is 11.4. The SMILES string of the molecule is CC(C)(C)OC(=O)N1CCCC(CN)CCC1. The zero-order chi connectivity index (χ0) is 12.9. The van der Waals surface area contributed by atoms with Gasteiger partial charge in [0, 0.05) is 13.1 Å². The van der Waals surface area contributed by atoms with Gasteiger partial charge in [-0.05, 0) is 58.9 Å². The molecule has 0 aromatic heterocycles. The summed E-state index contributed by atoms with van der Waals surface area (Å²) < 4.78 is 5.39. The van der Waals surface area contributed by atoms with Gasteiger partial charge in [0.2, 0.25) is 0 Å². The molecule has 0 spiro atoms. The summed E-state index contributed by atoms with van der Waals surface area (Å²) in [6, 6.07) is 0. The Balaban J connectivity index is 2.42. The molecule has 1 saturated heterocycles. The fourth-order valence-corrected chi connectivity index (χ4v) is 2.14. The smallest absolute Gasteiger partial charge is 0.410 e. The Bertz CT molecular complexity index is 238. The minimum atomic E-state index is -0.404. The first-order valence-electron chi connectivity index (χ1n) is 6.60. The van der Waals surface area contributed by atoms with Crippen molar-refractivity contribution in [3.63, 3.8) is 0 Å². The number of rotatable bonds is 1. The number of hydrogen-bond donors (Lipinski definition) is 1. The van der Waals surface area contributed by atoms with Gasteiger partial charge in [-0.25, -0.2) is 4.79 Å². The first-order valence-corrected chi connectivity index (χ1v) is 6.60. The molecule has 4 heteroatoms. The summed E-state index contributed by atoms with van der Waals surface area (Å²) >= 11 is 0. The van der Waals surface area contributed by atoms with Crippen molar-refractivity contribution in [2.75, 3.05) is 19.6 Å². The molecule has 0 unspecified atom stereocenters. The molecule has 0 aromatic rings. The first-order chi connectivity index (χ1) is 7.92. The lowest BCUT2D eigenvalue weighted by Gasteiger charge is -2.30. The normalized spacial score (nSPS) is 19.6. The van der Waals surface area contributed by atoms with E-state index in [-0.39, 0.29) is 6.09 Å². The molecule has 1 amide bonds. The van der Waals surface area contributed by atoms with Crippen molar-refractivity contribution in [2.45, 2.75) is 52.1 Å². The molecular formula is C13H26N2O2. The number of carbonyl (C=O) groups excluding carboxylic acids is 1. The van der Waals surface area contributed by atoms with Gasteiger partial charge in [-0.15, -0.1) is 0 Å². The molecule has 4 nitrogen and oxygen atoms in total. The molecule has 0 saturated carbocycles. The Morgan fingerprint density at radius 3 is 2.24 bits per heavy atom. The van der Waals surface area contributed by atoms with E-state index in [0.29, 0.717) is 5.92 Å². The summed E-state index contributed by atoms with van der Waals surface area (Å²) in [7, 11) is 0. The maximum Gasteiger partial charge on any atom is 0.410 e. The number of nitrogens with two attached hydrogens (primary N) is 1. The van der Waals surface area contributed by atoms with Gasteiger partial charge >= 0.3 is 6.09 Å². The third kappa shape index (κ3) is 5.39. The number of nitrogens with zero attached hydrogens (tertiary/aromatic N) is 1. The molecule has 0 radical (unpaired) electrons. The van der Waals surface area contributed by atoms with Crippen molar-refractivity contribution in [3.05, 3.63) is 0 Å². The van der Waals surface area contributed by atoms with E-state index in [0.717, 1.165) is 45.3 Å². The predicted octanol–water partition coefficient (Wildman–Crippen LogP) is 2.37. The van der Waals surface area contributed by atoms with Crippen LogP contribution < -0.4 is 5.73 Å². The van der Waals surface area contributed by atoms with E-state index in [2.05, 4.69) is 0 Å². The van der Waals surface area contributed by atoms with Crippen molar-refractivity contribution in [3.8, 4) is 0 Å². The van der Waals surface area contributed by atoms with Crippen LogP contribution in [0, 0.1) is 5.92 Å². The van der Waals surface area contributed by atoms with E-state index < -0.39 is 5.60 Å². The highest BCUT2D eigenvalue weighted by Gasteiger charge is 2.23. The molecule has 0 aromatic carbocycles. The molecule has 1 aliphatic heterocycles. The van der Waals surface area contributed by atoms with E-state index >= 15 is 0 Å². The lowest BCUT2D eigenvalue weighted by molar-refractivity contribution is 0.0229. The second-order valence-electron chi connectivity index (χ2n) is 5.85. The lowest BCUT2D eigenvalue weighted by atomic mass is 9.96. The number of ether oxygens (including phenoxy) is 1. The monoisotopic (exact) mass is 242 g/mol. The van der Waals surface area contributed by atoms with Crippen LogP contribution in [0.1, 0.15) is 46.5 Å². The summed E-state index contributed by atoms with van der Waals surface area (Å²) in [6.07, 6.45) is 4.12. The van der Waals surface area contributed by atoms with E-state index in [1.807, 2.05) is 25.7 Å². The fraction of sp³-hybridized carbons (Fsp3) is 0.923. The maximum absolute atomic E-state index is 11.9. The second-order valence-corrected chi connectivity index (χ2v) is 5.85. The number of likely N-dealkylation sites (tertiary alicyclic amines) is 1. The van der Waals surface area contributed by atoms with Crippen LogP contribution in [-0.2, 0) is 4.74 Å². The lowest BCUT2D eigenvalue weighted by Crippen LogP contribution is -2.39. The first kappa shape index (κ1) is 14.3. The topological polar surface area (TPSA) is 55.6 Å². The molecule has 1 rings (SSSR count). The van der Waals surface area contributed by atoms with Gasteiger partial charge in [0.05, 0.1) is 0 Å². The standard InChI is InChI=1S/C13H26N2O2/c1-13(2,3)17-12(16)15-8-4-6-11(10-14)7-5-9-15/h11H,4-10,14H2,1-3H3. The number of amides is 1. The van der Waals surface area contributed by atoms with Gasteiger partial charge in [-0.2, -0.15) is 0 Å². The van der Waals surface area contributed by atoms with Gasteiger partial charge in [0.15, 0.2) is 0 Å². The Morgan fingerprint density at radius 1 is 1.29 bits per heavy atom. The van der Waals surface area contributed by atoms with Crippen molar-refractivity contribution in [2.24, 2.45) is 11.7 Å². The van der Waals surface area contributed by atoms with Gasteiger partial charge in [-0.3, -0.25) is 0 Å². The Labute approximate surface area is 104 Å². The van der Waals surface area contributed by atoms with E-state index in [4.69, 9.17) is 10.5 Å². The highest BCUT2D eigenvalue weighted by Crippen LogP contribution is 2.18. The van der Waals surface area contributed by atoms with Gasteiger partial charge in [0.1, 0.15) is 5.60 Å². The molecule has 1 fully saturated rings. The molecule has 1 aliphatic rings. The third-order valence-electron chi connectivity index (χ3n) is 3.07. The maximum atomic E-state index is 11.9. The van der Waals surface area contributed by atoms with Gasteiger partial charge in [-0.1, -0.05) is 0 Å². The molecule has 0 bridgehead atoms. The second kappa shape index (κ2) is 6.24. The highest BCUT2D eigenvalue weighted by molar-refractivity contribution is 5.68. The van der Waals surface area contributed by atoms with Crippen LogP contribution in [0.5, 0.6) is 0 Å². The van der Waals surface area contributed by atoms with Crippen LogP contribution in [0.2, 0.25) is 0 Å². The van der Waals surface area contributed by atoms with E-state index in [9.17, 15) is 4.79 Å². The van der Waals surface area contributed by atoms with Gasteiger partial charge < -0.3 is 15.4 Å². The summed E-state index contributed by atoms with van der Waals surface area (Å²) in [5, 5.41) is 0. The number of carbonyl (C=O) groups is 1. The molecular weight excluding hydrogens is 216 g/mol. The molecule has 1 heterocycles. The minimum absolute atomic E-state index is 0.177. The molecule has 0 atom stereocenters. The van der Waals surface area contributed by atoms with E-state index in [1.165, 1.54) is 0 Å². The van der Waals surface area contributed by atoms with Crippen molar-refractivity contribution in [1.82, 2.24) is 4.90 Å². The molecule has 2 N–H and O–H groups in total. The number of hydrogen-bond acceptors (Lipinski definition) is 3. The Morgan fingerprint density at radius 2 is 1.82 bits per heavy atom. The Kier molecular flexibility index (Phi) is 5.25. The quantitative estimate of drug-likeness (QED) is 0.768. The third-order valence-corrected chi connectivity index (χ3v) is 3.07. The average Bonchev–Trinajstić information content (AvgIpc) is 2.14. The van der Waals surface area contributed by atoms with Crippen molar-refractivity contribution >= 4 is 6.09 Å². The van der Waals surface area contributed by atoms with Crippen LogP contribution in [0.3, 0.4) is 0 Å². The summed E-state index contributed by atoms with van der Waals surface area (Å²) in [5.74, 6) is 0.635. The van der Waals surface area contributed by atoms with E-state index in [1.54, 1.807) is 0 Å². The van der Waals surface area contributed by atoms with Gasteiger partial charge in [0.25, 0.3) is 0 Å². The largest absolute Gasteiger partial charge is 0.444 e. The highest BCUT2D eigenvalue weighted by atomic mass is 16.6. The van der Waals surface area contributed by atoms with Crippen LogP contribution in [0.25, 0.3) is 0 Å².